The van der Waals surface area contributed by atoms with Crippen LogP contribution in [-0.4, -0.2) is 29.6 Å². The lowest BCUT2D eigenvalue weighted by Crippen LogP contribution is -2.38. The Kier molecular flexibility index (Phi) is 5.17. The highest BCUT2D eigenvalue weighted by molar-refractivity contribution is 5.83. The molecular weight excluding hydrogens is 234 g/mol. The average Bonchev–Trinajstić information content (AvgIpc) is 2.31. The van der Waals surface area contributed by atoms with Gasteiger partial charge in [-0.3, -0.25) is 9.59 Å². The third-order valence-corrected chi connectivity index (χ3v) is 2.37. The molecule has 0 fully saturated rings. The Morgan fingerprint density at radius 3 is 2.50 bits per heavy atom. The number of aliphatic carboxylic acids is 1. The van der Waals surface area contributed by atoms with Gasteiger partial charge in [0, 0.05) is 0 Å². The maximum absolute atomic E-state index is 11.3. The van der Waals surface area contributed by atoms with Gasteiger partial charge in [0.05, 0.1) is 13.0 Å². The molecule has 0 saturated carbocycles. The van der Waals surface area contributed by atoms with Crippen molar-refractivity contribution in [3.63, 3.8) is 0 Å². The van der Waals surface area contributed by atoms with E-state index in [1.165, 1.54) is 6.92 Å². The number of rotatable bonds is 6. The first-order chi connectivity index (χ1) is 8.49. The molecule has 0 bridgehead atoms. The highest BCUT2D eigenvalue weighted by Crippen LogP contribution is 2.11. The van der Waals surface area contributed by atoms with E-state index in [9.17, 15) is 9.59 Å². The number of amides is 1. The molecule has 5 heteroatoms. The number of hydrogen-bond donors (Lipinski definition) is 2. The summed E-state index contributed by atoms with van der Waals surface area (Å²) >= 11 is 0. The monoisotopic (exact) mass is 251 g/mol. The lowest BCUT2D eigenvalue weighted by atomic mass is 10.2. The van der Waals surface area contributed by atoms with E-state index in [2.05, 4.69) is 5.32 Å². The highest BCUT2D eigenvalue weighted by atomic mass is 16.5. The number of nitrogens with one attached hydrogen (secondary N) is 1. The molecule has 1 aromatic carbocycles. The van der Waals surface area contributed by atoms with Gasteiger partial charge in [-0.1, -0.05) is 17.7 Å². The fraction of sp³-hybridized carbons (Fsp3) is 0.385. The normalized spacial score (nSPS) is 11.7. The molecule has 1 amide bonds. The van der Waals surface area contributed by atoms with E-state index < -0.39 is 12.0 Å². The summed E-state index contributed by atoms with van der Waals surface area (Å²) in [7, 11) is 0. The van der Waals surface area contributed by atoms with Gasteiger partial charge in [0.25, 0.3) is 0 Å². The summed E-state index contributed by atoms with van der Waals surface area (Å²) in [5.74, 6) is -0.695. The molecular formula is C13H17NO4. The number of carboxylic acid groups (broad SMARTS) is 1. The highest BCUT2D eigenvalue weighted by Gasteiger charge is 2.13. The Morgan fingerprint density at radius 2 is 1.94 bits per heavy atom. The van der Waals surface area contributed by atoms with Gasteiger partial charge in [0.1, 0.15) is 11.8 Å². The molecule has 0 aromatic heterocycles. The number of benzene rings is 1. The molecule has 0 heterocycles. The lowest BCUT2D eigenvalue weighted by molar-refractivity contribution is -0.141. The number of hydrogen-bond acceptors (Lipinski definition) is 3. The summed E-state index contributed by atoms with van der Waals surface area (Å²) in [4.78, 5) is 21.9. The molecule has 0 aliphatic carbocycles. The first-order valence-electron chi connectivity index (χ1n) is 5.70. The maximum Gasteiger partial charge on any atom is 0.325 e. The van der Waals surface area contributed by atoms with Gasteiger partial charge in [0.15, 0.2) is 0 Å². The van der Waals surface area contributed by atoms with Crippen LogP contribution in [-0.2, 0) is 9.59 Å². The van der Waals surface area contributed by atoms with E-state index >= 15 is 0 Å². The largest absolute Gasteiger partial charge is 0.493 e. The van der Waals surface area contributed by atoms with E-state index in [1.54, 1.807) is 0 Å². The van der Waals surface area contributed by atoms with Gasteiger partial charge in [-0.15, -0.1) is 0 Å². The Labute approximate surface area is 106 Å². The minimum Gasteiger partial charge on any atom is -0.493 e. The summed E-state index contributed by atoms with van der Waals surface area (Å²) in [5.41, 5.74) is 1.13. The van der Waals surface area contributed by atoms with Crippen LogP contribution in [0, 0.1) is 6.92 Å². The van der Waals surface area contributed by atoms with Crippen LogP contribution in [0.4, 0.5) is 0 Å². The molecule has 0 radical (unpaired) electrons. The van der Waals surface area contributed by atoms with Crippen LogP contribution < -0.4 is 10.1 Å². The van der Waals surface area contributed by atoms with Crippen LogP contribution in [0.5, 0.6) is 5.75 Å². The number of ether oxygens (including phenoxy) is 1. The smallest absolute Gasteiger partial charge is 0.325 e. The Bertz CT molecular complexity index is 414. The zero-order chi connectivity index (χ0) is 13.5. The van der Waals surface area contributed by atoms with Crippen molar-refractivity contribution in [3.8, 4) is 5.75 Å². The van der Waals surface area contributed by atoms with Crippen molar-refractivity contribution < 1.29 is 19.4 Å². The molecule has 0 aliphatic rings. The van der Waals surface area contributed by atoms with E-state index in [0.717, 1.165) is 5.56 Å². The molecule has 18 heavy (non-hydrogen) atoms. The molecule has 0 spiro atoms. The topological polar surface area (TPSA) is 75.6 Å². The second-order valence-corrected chi connectivity index (χ2v) is 4.04. The quantitative estimate of drug-likeness (QED) is 0.800. The second kappa shape index (κ2) is 6.64. The molecule has 0 saturated heterocycles. The van der Waals surface area contributed by atoms with Gasteiger partial charge < -0.3 is 15.2 Å². The molecule has 2 N–H and O–H groups in total. The van der Waals surface area contributed by atoms with Crippen molar-refractivity contribution in [2.24, 2.45) is 0 Å². The lowest BCUT2D eigenvalue weighted by Gasteiger charge is -2.10. The van der Waals surface area contributed by atoms with Crippen molar-refractivity contribution in [2.45, 2.75) is 26.3 Å². The zero-order valence-corrected chi connectivity index (χ0v) is 10.5. The van der Waals surface area contributed by atoms with Crippen LogP contribution >= 0.6 is 0 Å². The van der Waals surface area contributed by atoms with Crippen LogP contribution in [0.25, 0.3) is 0 Å². The molecule has 1 atom stereocenters. The third-order valence-electron chi connectivity index (χ3n) is 2.37. The fourth-order valence-electron chi connectivity index (χ4n) is 1.27. The number of carbonyl (C=O) groups excluding carboxylic acids is 1. The number of aryl methyl sites for hydroxylation is 1. The summed E-state index contributed by atoms with van der Waals surface area (Å²) in [6.45, 7) is 3.62. The summed E-state index contributed by atoms with van der Waals surface area (Å²) in [6, 6.07) is 6.61. The fourth-order valence-corrected chi connectivity index (χ4v) is 1.27. The number of carbonyl (C=O) groups is 2. The van der Waals surface area contributed by atoms with Crippen molar-refractivity contribution in [1.82, 2.24) is 5.32 Å². The first kappa shape index (κ1) is 14.0. The first-order valence-corrected chi connectivity index (χ1v) is 5.70. The second-order valence-electron chi connectivity index (χ2n) is 4.04. The van der Waals surface area contributed by atoms with Gasteiger partial charge in [-0.05, 0) is 26.0 Å². The Balaban J connectivity index is 2.27. The third kappa shape index (κ3) is 4.86. The van der Waals surface area contributed by atoms with E-state index in [0.29, 0.717) is 5.75 Å². The predicted molar refractivity (Wildman–Crippen MR) is 66.5 cm³/mol. The minimum atomic E-state index is -1.05. The van der Waals surface area contributed by atoms with Gasteiger partial charge in [-0.2, -0.15) is 0 Å². The van der Waals surface area contributed by atoms with E-state index in [4.69, 9.17) is 9.84 Å². The van der Waals surface area contributed by atoms with Crippen molar-refractivity contribution >= 4 is 11.9 Å². The summed E-state index contributed by atoms with van der Waals surface area (Å²) in [6.07, 6.45) is 0.130. The minimum absolute atomic E-state index is 0.130. The molecule has 1 aromatic rings. The van der Waals surface area contributed by atoms with Gasteiger partial charge >= 0.3 is 5.97 Å². The van der Waals surface area contributed by atoms with Crippen molar-refractivity contribution in [3.05, 3.63) is 29.8 Å². The average molecular weight is 251 g/mol. The van der Waals surface area contributed by atoms with E-state index in [1.807, 2.05) is 31.2 Å². The maximum atomic E-state index is 11.3. The van der Waals surface area contributed by atoms with Crippen LogP contribution in [0.3, 0.4) is 0 Å². The van der Waals surface area contributed by atoms with E-state index in [-0.39, 0.29) is 18.9 Å². The predicted octanol–water partition coefficient (Wildman–Crippen LogP) is 1.35. The van der Waals surface area contributed by atoms with Gasteiger partial charge in [0.2, 0.25) is 5.91 Å². The summed E-state index contributed by atoms with van der Waals surface area (Å²) in [5, 5.41) is 11.0. The SMILES string of the molecule is Cc1ccc(OCCC(=O)NC(C)C(=O)O)cc1. The standard InChI is InChI=1S/C13H17NO4/c1-9-3-5-11(6-4-9)18-8-7-12(15)14-10(2)13(16)17/h3-6,10H,7-8H2,1-2H3,(H,14,15)(H,16,17). The van der Waals surface area contributed by atoms with Crippen molar-refractivity contribution in [2.75, 3.05) is 6.61 Å². The van der Waals surface area contributed by atoms with Crippen LogP contribution in [0.1, 0.15) is 18.9 Å². The van der Waals surface area contributed by atoms with Crippen LogP contribution in [0.2, 0.25) is 0 Å². The number of carboxylic acids is 1. The zero-order valence-electron chi connectivity index (χ0n) is 10.5. The molecule has 1 rings (SSSR count). The molecule has 0 aliphatic heterocycles. The summed E-state index contributed by atoms with van der Waals surface area (Å²) < 4.78 is 5.37. The van der Waals surface area contributed by atoms with Crippen molar-refractivity contribution in [1.29, 1.82) is 0 Å². The Hall–Kier alpha value is -2.04. The molecule has 98 valence electrons. The Morgan fingerprint density at radius 1 is 1.33 bits per heavy atom. The molecule has 5 nitrogen and oxygen atoms in total. The molecule has 1 unspecified atom stereocenters. The van der Waals surface area contributed by atoms with Gasteiger partial charge in [-0.25, -0.2) is 0 Å². The van der Waals surface area contributed by atoms with Crippen LogP contribution in [0.15, 0.2) is 24.3 Å².